The minimum absolute atomic E-state index is 0.0287. The molecule has 14 aromatic carbocycles. The van der Waals surface area contributed by atoms with Crippen LogP contribution in [-0.4, -0.2) is 81.2 Å². The zero-order valence-electron chi connectivity index (χ0n) is 64.9. The summed E-state index contributed by atoms with van der Waals surface area (Å²) in [6.45, 7) is 0. The zero-order valence-corrected chi connectivity index (χ0v) is 83.3. The minimum atomic E-state index is -6.09. The molecular weight excluding hydrogens is 2550 g/mol. The van der Waals surface area contributed by atoms with Crippen molar-refractivity contribution in [2.75, 3.05) is 0 Å². The average Bonchev–Trinajstić information content (AvgIpc) is 0.873. The number of hydrogen-bond acceptors (Lipinski definition) is 15. The summed E-state index contributed by atoms with van der Waals surface area (Å²) < 4.78 is 256. The van der Waals surface area contributed by atoms with Crippen molar-refractivity contribution in [1.82, 2.24) is 0 Å². The summed E-state index contributed by atoms with van der Waals surface area (Å²) in [7, 11) is -27.3. The molecule has 0 radical (unpaired) electrons. The van der Waals surface area contributed by atoms with Crippen LogP contribution < -0.4 is 164 Å². The highest BCUT2D eigenvalue weighted by Crippen LogP contribution is 2.23. The third-order valence-corrected chi connectivity index (χ3v) is 34.0. The number of rotatable bonds is 14. The van der Waals surface area contributed by atoms with Gasteiger partial charge >= 0.3 is 170 Å². The van der Waals surface area contributed by atoms with Crippen molar-refractivity contribution in [3.63, 3.8) is 0 Å². The Bertz CT molecular complexity index is 4500. The molecule has 0 saturated heterocycles. The van der Waals surface area contributed by atoms with Crippen LogP contribution in [0.15, 0.2) is 425 Å². The molecule has 0 amide bonds. The Kier molecular flexibility index (Phi) is 56.0. The van der Waals surface area contributed by atoms with E-state index in [-0.39, 0.29) is 148 Å². The quantitative estimate of drug-likeness (QED) is 0.0324. The Hall–Kier alpha value is -7.07. The van der Waals surface area contributed by atoms with Gasteiger partial charge in [-0.3, -0.25) is 7.32 Å². The molecule has 127 heavy (non-hydrogen) atoms. The predicted molar refractivity (Wildman–Crippen MR) is 421 cm³/mol. The number of halogens is 19. The fourth-order valence-electron chi connectivity index (χ4n) is 7.57. The first-order valence-corrected chi connectivity index (χ1v) is 55.9. The standard InChI is InChI=1S/7C12H10I.4CHF3O3S.BO3/c7*1-3-7-11(8-4-1)13-12-9-5-2-6-10-12;4*2-1(3,4)8(5,6)7;2-1(3)4/h7*1-10H;4*(H,5,6,7);/q7*+1;;;;;-3/p-4. The first kappa shape index (κ1) is 114. The summed E-state index contributed by atoms with van der Waals surface area (Å²) >= 11 is 0.201. The molecule has 0 saturated carbocycles. The summed E-state index contributed by atoms with van der Waals surface area (Å²) in [5.74, 6) is 0. The largest absolute Gasteiger partial charge is 0.907 e. The van der Waals surface area contributed by atoms with Gasteiger partial charge in [-0.1, -0.05) is 255 Å². The van der Waals surface area contributed by atoms with Gasteiger partial charge in [-0.2, -0.15) is 52.7 Å². The molecule has 0 unspecified atom stereocenters. The van der Waals surface area contributed by atoms with Gasteiger partial charge in [-0.25, -0.2) is 33.7 Å². The minimum Gasteiger partial charge on any atom is -0.907 e. The molecule has 672 valence electrons. The van der Waals surface area contributed by atoms with Crippen molar-refractivity contribution in [1.29, 1.82) is 0 Å². The molecule has 0 heterocycles. The zero-order chi connectivity index (χ0) is 94.1. The van der Waals surface area contributed by atoms with Crippen molar-refractivity contribution in [2.24, 2.45) is 0 Å². The molecule has 0 aromatic heterocycles. The molecular formula is C88H70BF12I7O15S4. The number of alkyl halides is 12. The lowest BCUT2D eigenvalue weighted by molar-refractivity contribution is -0.597. The van der Waals surface area contributed by atoms with Gasteiger partial charge in [0.1, 0.15) is 0 Å². The Balaban J connectivity index is 0.000000361. The summed E-state index contributed by atoms with van der Waals surface area (Å²) in [5, 5.41) is 25.2. The average molecular weight is 2620 g/mol. The molecule has 15 nitrogen and oxygen atoms in total. The molecule has 0 aliphatic rings. The Morgan fingerprint density at radius 1 is 0.157 bits per heavy atom. The lowest BCUT2D eigenvalue weighted by atomic mass is 10.3. The van der Waals surface area contributed by atoms with E-state index in [1.807, 2.05) is 0 Å². The van der Waals surface area contributed by atoms with E-state index in [9.17, 15) is 52.7 Å². The van der Waals surface area contributed by atoms with E-state index < -0.39 is 69.8 Å². The van der Waals surface area contributed by atoms with Crippen LogP contribution in [0, 0.1) is 50.0 Å². The first-order chi connectivity index (χ1) is 59.9. The first-order valence-electron chi connectivity index (χ1n) is 35.2. The van der Waals surface area contributed by atoms with Crippen LogP contribution in [-0.2, 0) is 40.5 Å². The smallest absolute Gasteiger partial charge is 0.485 e. The molecule has 14 aromatic rings. The third kappa shape index (κ3) is 57.0. The van der Waals surface area contributed by atoms with Gasteiger partial charge in [0.25, 0.3) is 0 Å². The summed E-state index contributed by atoms with van der Waals surface area (Å²) in [4.78, 5) is 0. The maximum atomic E-state index is 10.7. The summed E-state index contributed by atoms with van der Waals surface area (Å²) in [6.07, 6.45) is 0. The lowest BCUT2D eigenvalue weighted by Gasteiger charge is -2.35. The highest BCUT2D eigenvalue weighted by Gasteiger charge is 2.39. The van der Waals surface area contributed by atoms with E-state index in [0.29, 0.717) is 0 Å². The molecule has 14 rings (SSSR count). The molecule has 0 bridgehead atoms. The van der Waals surface area contributed by atoms with Crippen molar-refractivity contribution in [3.8, 4) is 0 Å². The topological polar surface area (TPSA) is 298 Å². The molecule has 0 aliphatic heterocycles. The highest BCUT2D eigenvalue weighted by molar-refractivity contribution is 7.87. The van der Waals surface area contributed by atoms with Gasteiger partial charge in [-0.15, -0.1) is 0 Å². The van der Waals surface area contributed by atoms with Gasteiger partial charge in [-0.05, 0) is 170 Å². The van der Waals surface area contributed by atoms with Gasteiger partial charge < -0.3 is 33.3 Å². The van der Waals surface area contributed by atoms with Crippen LogP contribution in [0.5, 0.6) is 0 Å². The second kappa shape index (κ2) is 62.3. The normalized spacial score (nSPS) is 10.8. The van der Waals surface area contributed by atoms with E-state index in [1.54, 1.807) is 0 Å². The molecule has 0 aliphatic carbocycles. The Morgan fingerprint density at radius 2 is 0.205 bits per heavy atom. The van der Waals surface area contributed by atoms with Crippen LogP contribution in [0.4, 0.5) is 52.7 Å². The molecule has 0 spiro atoms. The number of hydrogen-bond donors (Lipinski definition) is 0. The predicted octanol–water partition coefficient (Wildman–Crippen LogP) is -5.04. The maximum absolute atomic E-state index is 10.7. The van der Waals surface area contributed by atoms with Crippen LogP contribution >= 0.6 is 0 Å². The van der Waals surface area contributed by atoms with Crippen molar-refractivity contribution < 1.29 is 268 Å². The van der Waals surface area contributed by atoms with E-state index in [1.165, 1.54) is 50.0 Å². The van der Waals surface area contributed by atoms with Gasteiger partial charge in [0.2, 0.25) is 0 Å². The van der Waals surface area contributed by atoms with Crippen LogP contribution in [0.1, 0.15) is 0 Å². The third-order valence-electron chi connectivity index (χ3n) is 12.9. The monoisotopic (exact) mass is 2620 g/mol. The van der Waals surface area contributed by atoms with E-state index >= 15 is 0 Å². The molecule has 0 N–H and O–H groups in total. The fraction of sp³-hybridized carbons (Fsp3) is 0.0455. The van der Waals surface area contributed by atoms with Gasteiger partial charge in [0, 0.05) is 0 Å². The number of benzene rings is 14. The fourth-order valence-corrected chi connectivity index (χ4v) is 23.5. The van der Waals surface area contributed by atoms with Gasteiger partial charge in [0.15, 0.2) is 90.5 Å². The second-order valence-corrected chi connectivity index (χ2v) is 49.4. The van der Waals surface area contributed by atoms with Crippen LogP contribution in [0.3, 0.4) is 0 Å². The van der Waals surface area contributed by atoms with E-state index in [2.05, 4.69) is 425 Å². The van der Waals surface area contributed by atoms with Crippen molar-refractivity contribution in [2.45, 2.75) is 22.0 Å². The second-order valence-electron chi connectivity index (χ2n) is 22.7. The molecule has 39 heteroatoms. The lowest BCUT2D eigenvalue weighted by Crippen LogP contribution is -3.61. The maximum Gasteiger partial charge on any atom is 0.485 e. The molecule has 0 fully saturated rings. The van der Waals surface area contributed by atoms with E-state index in [4.69, 9.17) is 67.0 Å². The Morgan fingerprint density at radius 3 is 0.244 bits per heavy atom. The summed E-state index contributed by atoms with van der Waals surface area (Å²) in [6, 6.07) is 150. The van der Waals surface area contributed by atoms with E-state index in [0.717, 1.165) is 0 Å². The van der Waals surface area contributed by atoms with Gasteiger partial charge in [0.05, 0.1) is 0 Å². The van der Waals surface area contributed by atoms with Crippen LogP contribution in [0.2, 0.25) is 0 Å². The Labute approximate surface area is 802 Å². The van der Waals surface area contributed by atoms with Crippen molar-refractivity contribution in [3.05, 3.63) is 475 Å². The highest BCUT2D eigenvalue weighted by atomic mass is 127. The van der Waals surface area contributed by atoms with Crippen LogP contribution in [0.25, 0.3) is 0 Å². The SMILES string of the molecule is O=S(=O)([O-])C(F)(F)F.O=S(=O)([O-])C(F)(F)F.O=S(=O)([O-])C(F)(F)F.O=S(=O)([O-])C(F)(F)F.[O-]B([O-])[O-].c1ccc([I+]c2ccccc2)cc1.c1ccc([I+]c2ccccc2)cc1.c1ccc([I+]c2ccccc2)cc1.c1ccc([I+]c2ccccc2)cc1.c1ccc([I+]c2ccccc2)cc1.c1ccc([I+]c2ccccc2)cc1.c1ccc([I+]c2ccccc2)cc1. The van der Waals surface area contributed by atoms with Crippen molar-refractivity contribution >= 4 is 47.8 Å². The molecule has 0 atom stereocenters. The summed E-state index contributed by atoms with van der Waals surface area (Å²) in [5.41, 5.74) is -22.6.